The Morgan fingerprint density at radius 1 is 1.24 bits per heavy atom. The van der Waals surface area contributed by atoms with Crippen molar-refractivity contribution in [2.24, 2.45) is 5.92 Å². The summed E-state index contributed by atoms with van der Waals surface area (Å²) >= 11 is 0. The van der Waals surface area contributed by atoms with E-state index < -0.39 is 21.7 Å². The Morgan fingerprint density at radius 2 is 1.92 bits per heavy atom. The molecule has 6 nitrogen and oxygen atoms in total. The van der Waals surface area contributed by atoms with E-state index in [1.54, 1.807) is 0 Å². The molecule has 0 aliphatic carbocycles. The van der Waals surface area contributed by atoms with Gasteiger partial charge in [-0.15, -0.1) is 0 Å². The van der Waals surface area contributed by atoms with E-state index in [0.717, 1.165) is 5.56 Å². The van der Waals surface area contributed by atoms with Gasteiger partial charge in [-0.2, -0.15) is 0 Å². The maximum absolute atomic E-state index is 11.8. The van der Waals surface area contributed by atoms with E-state index in [-0.39, 0.29) is 30.4 Å². The summed E-state index contributed by atoms with van der Waals surface area (Å²) in [7, 11) is -3.13. The normalized spacial score (nSPS) is 18.9. The minimum absolute atomic E-state index is 0.00849. The van der Waals surface area contributed by atoms with Gasteiger partial charge in [0.2, 0.25) is 0 Å². The van der Waals surface area contributed by atoms with Gasteiger partial charge in [0, 0.05) is 6.54 Å². The van der Waals surface area contributed by atoms with Crippen molar-refractivity contribution in [2.75, 3.05) is 24.7 Å². The molecule has 7 heteroatoms. The fraction of sp³-hybridized carbons (Fsp3) is 0.556. The fourth-order valence-corrected chi connectivity index (χ4v) is 4.43. The summed E-state index contributed by atoms with van der Waals surface area (Å²) in [6.45, 7) is 4.35. The average molecular weight is 367 g/mol. The lowest BCUT2D eigenvalue weighted by atomic mass is 10.0. The van der Waals surface area contributed by atoms with E-state index >= 15 is 0 Å². The molecule has 1 aliphatic heterocycles. The predicted molar refractivity (Wildman–Crippen MR) is 95.0 cm³/mol. The topological polar surface area (TPSA) is 89.5 Å². The van der Waals surface area contributed by atoms with Gasteiger partial charge < -0.3 is 10.1 Å². The first kappa shape index (κ1) is 19.4. The third kappa shape index (κ3) is 6.16. The lowest BCUT2D eigenvalue weighted by molar-refractivity contribution is -0.151. The number of amides is 1. The first-order valence-corrected chi connectivity index (χ1v) is 10.3. The number of benzene rings is 1. The standard InChI is InChI=1S/C18H25NO5S/c1-13(2)15-5-3-14(4-6-15)7-9-19-17(20)11-24-18(21)16-8-10-25(22,23)12-16/h3-6,13,16H,7-12H2,1-2H3,(H,19,20). The molecule has 2 rings (SSSR count). The second kappa shape index (κ2) is 8.47. The fourth-order valence-electron chi connectivity index (χ4n) is 2.70. The molecular formula is C18H25NO5S. The summed E-state index contributed by atoms with van der Waals surface area (Å²) in [5, 5.41) is 2.70. The van der Waals surface area contributed by atoms with Gasteiger partial charge in [-0.25, -0.2) is 8.42 Å². The van der Waals surface area contributed by atoms with Gasteiger partial charge in [-0.1, -0.05) is 38.1 Å². The summed E-state index contributed by atoms with van der Waals surface area (Å²) in [6.07, 6.45) is 0.966. The summed E-state index contributed by atoms with van der Waals surface area (Å²) in [5.41, 5.74) is 2.39. The molecule has 1 aromatic carbocycles. The highest BCUT2D eigenvalue weighted by Crippen LogP contribution is 2.19. The quantitative estimate of drug-likeness (QED) is 0.737. The van der Waals surface area contributed by atoms with Crippen LogP contribution >= 0.6 is 0 Å². The van der Waals surface area contributed by atoms with Gasteiger partial charge in [0.1, 0.15) is 0 Å². The van der Waals surface area contributed by atoms with Gasteiger partial charge in [-0.05, 0) is 29.9 Å². The van der Waals surface area contributed by atoms with Gasteiger partial charge in [0.15, 0.2) is 16.4 Å². The van der Waals surface area contributed by atoms with Crippen LogP contribution in [0.3, 0.4) is 0 Å². The largest absolute Gasteiger partial charge is 0.455 e. The Balaban J connectivity index is 1.66. The van der Waals surface area contributed by atoms with E-state index in [1.807, 2.05) is 12.1 Å². The van der Waals surface area contributed by atoms with Crippen molar-refractivity contribution >= 4 is 21.7 Å². The van der Waals surface area contributed by atoms with Gasteiger partial charge in [-0.3, -0.25) is 9.59 Å². The van der Waals surface area contributed by atoms with Crippen LogP contribution in [0, 0.1) is 5.92 Å². The van der Waals surface area contributed by atoms with Crippen LogP contribution in [-0.2, 0) is 30.6 Å². The van der Waals surface area contributed by atoms with E-state index in [9.17, 15) is 18.0 Å². The Labute approximate surface area is 148 Å². The van der Waals surface area contributed by atoms with Crippen molar-refractivity contribution in [3.8, 4) is 0 Å². The molecule has 1 aliphatic rings. The Kier molecular flexibility index (Phi) is 6.58. The van der Waals surface area contributed by atoms with E-state index in [2.05, 4.69) is 31.3 Å². The van der Waals surface area contributed by atoms with Crippen molar-refractivity contribution in [2.45, 2.75) is 32.6 Å². The number of carbonyl (C=O) groups excluding carboxylic acids is 2. The highest BCUT2D eigenvalue weighted by Gasteiger charge is 2.34. The molecule has 1 atom stereocenters. The zero-order valence-electron chi connectivity index (χ0n) is 14.7. The molecule has 1 unspecified atom stereocenters. The minimum Gasteiger partial charge on any atom is -0.455 e. The van der Waals surface area contributed by atoms with Crippen LogP contribution in [-0.4, -0.2) is 45.0 Å². The maximum Gasteiger partial charge on any atom is 0.310 e. The molecule has 1 saturated heterocycles. The summed E-state index contributed by atoms with van der Waals surface area (Å²) in [6, 6.07) is 8.25. The second-order valence-electron chi connectivity index (χ2n) is 6.70. The zero-order chi connectivity index (χ0) is 18.4. The number of sulfone groups is 1. The van der Waals surface area contributed by atoms with Crippen LogP contribution in [0.2, 0.25) is 0 Å². The van der Waals surface area contributed by atoms with Crippen molar-refractivity contribution in [1.82, 2.24) is 5.32 Å². The molecule has 1 N–H and O–H groups in total. The van der Waals surface area contributed by atoms with Gasteiger partial charge >= 0.3 is 5.97 Å². The second-order valence-corrected chi connectivity index (χ2v) is 8.93. The highest BCUT2D eigenvalue weighted by atomic mass is 32.2. The molecule has 0 radical (unpaired) electrons. The van der Waals surface area contributed by atoms with Crippen molar-refractivity contribution in [3.05, 3.63) is 35.4 Å². The van der Waals surface area contributed by atoms with Crippen molar-refractivity contribution < 1.29 is 22.7 Å². The van der Waals surface area contributed by atoms with Gasteiger partial charge in [0.05, 0.1) is 17.4 Å². The Morgan fingerprint density at radius 3 is 2.48 bits per heavy atom. The van der Waals surface area contributed by atoms with E-state index in [4.69, 9.17) is 4.74 Å². The third-order valence-electron chi connectivity index (χ3n) is 4.29. The number of ether oxygens (including phenoxy) is 1. The molecule has 0 aromatic heterocycles. The monoisotopic (exact) mass is 367 g/mol. The van der Waals surface area contributed by atoms with Crippen molar-refractivity contribution in [1.29, 1.82) is 0 Å². The lowest BCUT2D eigenvalue weighted by Crippen LogP contribution is -2.31. The molecular weight excluding hydrogens is 342 g/mol. The molecule has 25 heavy (non-hydrogen) atoms. The van der Waals surface area contributed by atoms with Crippen molar-refractivity contribution in [3.63, 3.8) is 0 Å². The highest BCUT2D eigenvalue weighted by molar-refractivity contribution is 7.91. The zero-order valence-corrected chi connectivity index (χ0v) is 15.5. The minimum atomic E-state index is -3.13. The number of hydrogen-bond donors (Lipinski definition) is 1. The third-order valence-corrected chi connectivity index (χ3v) is 6.06. The smallest absolute Gasteiger partial charge is 0.310 e. The molecule has 1 heterocycles. The number of rotatable bonds is 7. The molecule has 0 bridgehead atoms. The Bertz CT molecular complexity index is 709. The van der Waals surface area contributed by atoms with Crippen LogP contribution in [0.4, 0.5) is 0 Å². The van der Waals surface area contributed by atoms with Crippen LogP contribution in [0.25, 0.3) is 0 Å². The molecule has 1 aromatic rings. The predicted octanol–water partition coefficient (Wildman–Crippen LogP) is 1.45. The van der Waals surface area contributed by atoms with Crippen LogP contribution < -0.4 is 5.32 Å². The summed E-state index contributed by atoms with van der Waals surface area (Å²) in [4.78, 5) is 23.5. The van der Waals surface area contributed by atoms with Crippen LogP contribution in [0.5, 0.6) is 0 Å². The number of carbonyl (C=O) groups is 2. The summed E-state index contributed by atoms with van der Waals surface area (Å²) in [5.74, 6) is -1.32. The molecule has 0 spiro atoms. The summed E-state index contributed by atoms with van der Waals surface area (Å²) < 4.78 is 27.6. The lowest BCUT2D eigenvalue weighted by Gasteiger charge is -2.10. The molecule has 1 fully saturated rings. The number of esters is 1. The first-order chi connectivity index (χ1) is 11.8. The van der Waals surface area contributed by atoms with Crippen LogP contribution in [0.1, 0.15) is 37.3 Å². The molecule has 1 amide bonds. The SMILES string of the molecule is CC(C)c1ccc(CCNC(=O)COC(=O)C2CCS(=O)(=O)C2)cc1. The number of nitrogens with one attached hydrogen (secondary N) is 1. The number of hydrogen-bond acceptors (Lipinski definition) is 5. The van der Waals surface area contributed by atoms with E-state index in [0.29, 0.717) is 18.9 Å². The maximum atomic E-state index is 11.8. The van der Waals surface area contributed by atoms with E-state index in [1.165, 1.54) is 5.56 Å². The van der Waals surface area contributed by atoms with Crippen LogP contribution in [0.15, 0.2) is 24.3 Å². The molecule has 138 valence electrons. The molecule has 0 saturated carbocycles. The van der Waals surface area contributed by atoms with Gasteiger partial charge in [0.25, 0.3) is 5.91 Å². The average Bonchev–Trinajstić information content (AvgIpc) is 2.93. The first-order valence-electron chi connectivity index (χ1n) is 8.49. The Hall–Kier alpha value is -1.89.